The summed E-state index contributed by atoms with van der Waals surface area (Å²) in [6, 6.07) is 14.4. The molecule has 6 nitrogen and oxygen atoms in total. The van der Waals surface area contributed by atoms with E-state index in [1.807, 2.05) is 24.3 Å². The highest BCUT2D eigenvalue weighted by Crippen LogP contribution is 2.12. The Hall–Kier alpha value is -2.86. The predicted molar refractivity (Wildman–Crippen MR) is 103 cm³/mol. The molecule has 0 radical (unpaired) electrons. The number of nitrogens with two attached hydrogens (primary N) is 1. The number of nitrogens with one attached hydrogen (secondary N) is 2. The van der Waals surface area contributed by atoms with E-state index >= 15 is 0 Å². The molecule has 0 atom stereocenters. The Labute approximate surface area is 153 Å². The lowest BCUT2D eigenvalue weighted by molar-refractivity contribution is -0.116. The molecule has 2 rings (SSSR count). The smallest absolute Gasteiger partial charge is 0.251 e. The average molecular weight is 355 g/mol. The first-order valence-electron chi connectivity index (χ1n) is 8.60. The molecule has 0 aliphatic heterocycles. The summed E-state index contributed by atoms with van der Waals surface area (Å²) in [5, 5.41) is 5.66. The monoisotopic (exact) mass is 355 g/mol. The third-order valence-electron chi connectivity index (χ3n) is 3.84. The van der Waals surface area contributed by atoms with Crippen LogP contribution in [0.4, 0.5) is 11.4 Å². The Morgan fingerprint density at radius 2 is 1.88 bits per heavy atom. The number of carbonyl (C=O) groups excluding carboxylic acids is 2. The fraction of sp³-hybridized carbons (Fsp3) is 0.300. The zero-order chi connectivity index (χ0) is 18.8. The van der Waals surface area contributed by atoms with Gasteiger partial charge >= 0.3 is 0 Å². The fourth-order valence-corrected chi connectivity index (χ4v) is 2.42. The Morgan fingerprint density at radius 1 is 1.12 bits per heavy atom. The maximum atomic E-state index is 12.1. The summed E-state index contributed by atoms with van der Waals surface area (Å²) in [5.74, 6) is -0.265. The summed E-state index contributed by atoms with van der Waals surface area (Å²) in [6.07, 6.45) is 1.74. The minimum absolute atomic E-state index is 0.0977. The van der Waals surface area contributed by atoms with Crippen LogP contribution in [-0.4, -0.2) is 32.1 Å². The molecule has 2 amide bonds. The van der Waals surface area contributed by atoms with E-state index in [2.05, 4.69) is 10.6 Å². The standard InChI is InChI=1S/C20H25N3O3/c1-26-13-3-12-22-20(25)16-4-2-5-18(14-16)23-19(24)11-8-15-6-9-17(21)10-7-15/h2,4-7,9-10,14H,3,8,11-13,21H2,1H3,(H,22,25)(H,23,24). The second-order valence-electron chi connectivity index (χ2n) is 5.97. The van der Waals surface area contributed by atoms with Gasteiger partial charge in [0.15, 0.2) is 0 Å². The zero-order valence-electron chi connectivity index (χ0n) is 15.0. The largest absolute Gasteiger partial charge is 0.399 e. The van der Waals surface area contributed by atoms with Crippen LogP contribution in [0.15, 0.2) is 48.5 Å². The first-order chi connectivity index (χ1) is 12.6. The summed E-state index contributed by atoms with van der Waals surface area (Å²) < 4.78 is 4.95. The number of anilines is 2. The normalized spacial score (nSPS) is 10.3. The predicted octanol–water partition coefficient (Wildman–Crippen LogP) is 2.61. The molecule has 0 heterocycles. The van der Waals surface area contributed by atoms with Gasteiger partial charge in [-0.05, 0) is 48.7 Å². The molecular formula is C20H25N3O3. The molecule has 0 bridgehead atoms. The number of hydrogen-bond acceptors (Lipinski definition) is 4. The minimum Gasteiger partial charge on any atom is -0.399 e. The van der Waals surface area contributed by atoms with Crippen molar-refractivity contribution in [1.82, 2.24) is 5.32 Å². The number of ether oxygens (including phenoxy) is 1. The van der Waals surface area contributed by atoms with E-state index < -0.39 is 0 Å². The molecule has 0 aromatic heterocycles. The van der Waals surface area contributed by atoms with Crippen LogP contribution < -0.4 is 16.4 Å². The van der Waals surface area contributed by atoms with E-state index in [1.165, 1.54) is 0 Å². The van der Waals surface area contributed by atoms with Crippen LogP contribution in [0.2, 0.25) is 0 Å². The van der Waals surface area contributed by atoms with Crippen molar-refractivity contribution in [1.29, 1.82) is 0 Å². The number of amides is 2. The maximum absolute atomic E-state index is 12.1. The van der Waals surface area contributed by atoms with Gasteiger partial charge in [0, 0.05) is 43.6 Å². The van der Waals surface area contributed by atoms with E-state index in [1.54, 1.807) is 31.4 Å². The fourth-order valence-electron chi connectivity index (χ4n) is 2.42. The Kier molecular flexibility index (Phi) is 7.64. The zero-order valence-corrected chi connectivity index (χ0v) is 15.0. The summed E-state index contributed by atoms with van der Waals surface area (Å²) in [5.41, 5.74) is 8.53. The van der Waals surface area contributed by atoms with Gasteiger partial charge in [-0.15, -0.1) is 0 Å². The quantitative estimate of drug-likeness (QED) is 0.476. The number of methoxy groups -OCH3 is 1. The van der Waals surface area contributed by atoms with Gasteiger partial charge in [0.1, 0.15) is 0 Å². The minimum atomic E-state index is -0.168. The van der Waals surface area contributed by atoms with Gasteiger partial charge in [0.25, 0.3) is 5.91 Å². The molecule has 0 unspecified atom stereocenters. The molecule has 2 aromatic carbocycles. The van der Waals surface area contributed by atoms with E-state index in [0.717, 1.165) is 12.0 Å². The highest BCUT2D eigenvalue weighted by Gasteiger charge is 2.08. The van der Waals surface area contributed by atoms with Crippen molar-refractivity contribution in [3.05, 3.63) is 59.7 Å². The van der Waals surface area contributed by atoms with Gasteiger partial charge in [-0.3, -0.25) is 9.59 Å². The summed E-state index contributed by atoms with van der Waals surface area (Å²) in [6.45, 7) is 1.15. The van der Waals surface area contributed by atoms with Crippen molar-refractivity contribution < 1.29 is 14.3 Å². The van der Waals surface area contributed by atoms with Crippen molar-refractivity contribution in [3.8, 4) is 0 Å². The molecule has 4 N–H and O–H groups in total. The van der Waals surface area contributed by atoms with Crippen LogP contribution in [-0.2, 0) is 16.0 Å². The highest BCUT2D eigenvalue weighted by molar-refractivity contribution is 5.97. The van der Waals surface area contributed by atoms with Crippen molar-refractivity contribution >= 4 is 23.2 Å². The molecule has 0 aliphatic rings. The van der Waals surface area contributed by atoms with Crippen molar-refractivity contribution in [2.75, 3.05) is 31.3 Å². The summed E-state index contributed by atoms with van der Waals surface area (Å²) in [4.78, 5) is 24.2. The van der Waals surface area contributed by atoms with Gasteiger partial charge in [-0.1, -0.05) is 18.2 Å². The molecule has 0 saturated heterocycles. The lowest BCUT2D eigenvalue weighted by Crippen LogP contribution is -2.25. The van der Waals surface area contributed by atoms with Crippen LogP contribution in [0, 0.1) is 0 Å². The van der Waals surface area contributed by atoms with Gasteiger partial charge in [-0.2, -0.15) is 0 Å². The first-order valence-corrected chi connectivity index (χ1v) is 8.60. The molecule has 6 heteroatoms. The van der Waals surface area contributed by atoms with Crippen LogP contribution in [0.3, 0.4) is 0 Å². The van der Waals surface area contributed by atoms with Crippen molar-refractivity contribution in [3.63, 3.8) is 0 Å². The van der Waals surface area contributed by atoms with Crippen LogP contribution in [0.25, 0.3) is 0 Å². The van der Waals surface area contributed by atoms with Crippen LogP contribution in [0.1, 0.15) is 28.8 Å². The highest BCUT2D eigenvalue weighted by atomic mass is 16.5. The number of nitrogen functional groups attached to an aromatic ring is 1. The molecule has 2 aromatic rings. The van der Waals surface area contributed by atoms with Crippen LogP contribution >= 0.6 is 0 Å². The van der Waals surface area contributed by atoms with Gasteiger partial charge in [0.05, 0.1) is 0 Å². The number of hydrogen-bond donors (Lipinski definition) is 3. The van der Waals surface area contributed by atoms with E-state index in [9.17, 15) is 9.59 Å². The van der Waals surface area contributed by atoms with E-state index in [-0.39, 0.29) is 11.8 Å². The molecule has 0 fully saturated rings. The first kappa shape index (κ1) is 19.5. The van der Waals surface area contributed by atoms with E-state index in [0.29, 0.717) is 42.9 Å². The summed E-state index contributed by atoms with van der Waals surface area (Å²) in [7, 11) is 1.63. The number of aryl methyl sites for hydroxylation is 1. The SMILES string of the molecule is COCCCNC(=O)c1cccc(NC(=O)CCc2ccc(N)cc2)c1. The third-order valence-corrected chi connectivity index (χ3v) is 3.84. The van der Waals surface area contributed by atoms with Gasteiger partial charge in [0.2, 0.25) is 5.91 Å². The van der Waals surface area contributed by atoms with Crippen molar-refractivity contribution in [2.45, 2.75) is 19.3 Å². The summed E-state index contributed by atoms with van der Waals surface area (Å²) >= 11 is 0. The third kappa shape index (κ3) is 6.57. The molecule has 0 aliphatic carbocycles. The number of rotatable bonds is 9. The Bertz CT molecular complexity index is 729. The van der Waals surface area contributed by atoms with Gasteiger partial charge in [-0.25, -0.2) is 0 Å². The molecular weight excluding hydrogens is 330 g/mol. The second kappa shape index (κ2) is 10.2. The van der Waals surface area contributed by atoms with Crippen molar-refractivity contribution in [2.24, 2.45) is 0 Å². The maximum Gasteiger partial charge on any atom is 0.251 e. The Morgan fingerprint density at radius 3 is 2.62 bits per heavy atom. The lowest BCUT2D eigenvalue weighted by Gasteiger charge is -2.09. The second-order valence-corrected chi connectivity index (χ2v) is 5.97. The van der Waals surface area contributed by atoms with Crippen LogP contribution in [0.5, 0.6) is 0 Å². The molecule has 0 spiro atoms. The molecule has 0 saturated carbocycles. The Balaban J connectivity index is 1.83. The number of carbonyl (C=O) groups is 2. The average Bonchev–Trinajstić information content (AvgIpc) is 2.65. The van der Waals surface area contributed by atoms with Gasteiger partial charge < -0.3 is 21.1 Å². The topological polar surface area (TPSA) is 93.5 Å². The molecule has 138 valence electrons. The van der Waals surface area contributed by atoms with E-state index in [4.69, 9.17) is 10.5 Å². The number of benzene rings is 2. The molecule has 26 heavy (non-hydrogen) atoms. The lowest BCUT2D eigenvalue weighted by atomic mass is 10.1.